The van der Waals surface area contributed by atoms with E-state index in [2.05, 4.69) is 21.2 Å². The van der Waals surface area contributed by atoms with E-state index in [9.17, 15) is 9.90 Å². The molecule has 86 valence electrons. The summed E-state index contributed by atoms with van der Waals surface area (Å²) in [7, 11) is 0. The second kappa shape index (κ2) is 4.84. The Morgan fingerprint density at radius 2 is 2.12 bits per heavy atom. The quantitative estimate of drug-likeness (QED) is 0.829. The highest BCUT2D eigenvalue weighted by Gasteiger charge is 2.24. The van der Waals surface area contributed by atoms with Gasteiger partial charge in [-0.3, -0.25) is 0 Å². The summed E-state index contributed by atoms with van der Waals surface area (Å²) in [6, 6.07) is 7.24. The lowest BCUT2D eigenvalue weighted by atomic mass is 10.3. The zero-order chi connectivity index (χ0) is 11.5. The number of amides is 2. The van der Waals surface area contributed by atoms with E-state index >= 15 is 0 Å². The molecule has 2 N–H and O–H groups in total. The first-order valence-electron chi connectivity index (χ1n) is 5.15. The number of β-amino-alcohol motifs (C(OH)–C–C–N with tert-alkyl or cyclic N) is 1. The molecule has 0 spiro atoms. The fraction of sp³-hybridized carbons (Fsp3) is 0.364. The van der Waals surface area contributed by atoms with Crippen LogP contribution in [0, 0.1) is 0 Å². The average molecular weight is 285 g/mol. The number of aliphatic hydroxyl groups excluding tert-OH is 1. The van der Waals surface area contributed by atoms with Crippen molar-refractivity contribution < 1.29 is 9.90 Å². The first-order valence-corrected chi connectivity index (χ1v) is 5.94. The lowest BCUT2D eigenvalue weighted by Gasteiger charge is -2.16. The van der Waals surface area contributed by atoms with Crippen molar-refractivity contribution in [1.29, 1.82) is 0 Å². The highest BCUT2D eigenvalue weighted by molar-refractivity contribution is 9.10. The summed E-state index contributed by atoms with van der Waals surface area (Å²) in [6.07, 6.45) is 0.281. The third-order valence-electron chi connectivity index (χ3n) is 2.55. The third-order valence-corrected chi connectivity index (χ3v) is 3.07. The van der Waals surface area contributed by atoms with Crippen LogP contribution in [-0.2, 0) is 0 Å². The van der Waals surface area contributed by atoms with Crippen LogP contribution in [-0.4, -0.2) is 35.2 Å². The zero-order valence-electron chi connectivity index (χ0n) is 8.69. The maximum absolute atomic E-state index is 11.7. The van der Waals surface area contributed by atoms with Gasteiger partial charge in [-0.05, 0) is 30.7 Å². The largest absolute Gasteiger partial charge is 0.391 e. The Labute approximate surface area is 102 Å². The van der Waals surface area contributed by atoms with Gasteiger partial charge in [0.05, 0.1) is 6.10 Å². The number of halogens is 1. The number of nitrogens with zero attached hydrogens (tertiary/aromatic N) is 1. The molecule has 0 saturated carbocycles. The van der Waals surface area contributed by atoms with Crippen molar-refractivity contribution in [2.75, 3.05) is 18.4 Å². The SMILES string of the molecule is O=C(Nc1ccc(Br)cc1)N1CC[C@@H](O)C1. The highest BCUT2D eigenvalue weighted by atomic mass is 79.9. The molecule has 1 aliphatic rings. The van der Waals surface area contributed by atoms with Crippen LogP contribution in [0.2, 0.25) is 0 Å². The standard InChI is InChI=1S/C11H13BrN2O2/c12-8-1-3-9(4-2-8)13-11(16)14-6-5-10(15)7-14/h1-4,10,15H,5-7H2,(H,13,16)/t10-/m1/s1. The number of benzene rings is 1. The number of carbonyl (C=O) groups excluding carboxylic acids is 1. The molecule has 1 aromatic rings. The van der Waals surface area contributed by atoms with Crippen molar-refractivity contribution in [3.8, 4) is 0 Å². The molecule has 1 fully saturated rings. The summed E-state index contributed by atoms with van der Waals surface area (Å²) in [6.45, 7) is 1.03. The maximum atomic E-state index is 11.7. The predicted octanol–water partition coefficient (Wildman–Crippen LogP) is 2.05. The minimum atomic E-state index is -0.379. The Balaban J connectivity index is 1.94. The predicted molar refractivity (Wildman–Crippen MR) is 65.4 cm³/mol. The summed E-state index contributed by atoms with van der Waals surface area (Å²) < 4.78 is 0.974. The summed E-state index contributed by atoms with van der Waals surface area (Å²) in [5.74, 6) is 0. The molecule has 2 amide bonds. The second-order valence-corrected chi connectivity index (χ2v) is 4.74. The van der Waals surface area contributed by atoms with Gasteiger partial charge in [-0.1, -0.05) is 15.9 Å². The molecule has 4 nitrogen and oxygen atoms in total. The number of anilines is 1. The summed E-state index contributed by atoms with van der Waals surface area (Å²) in [5.41, 5.74) is 0.759. The number of nitrogens with one attached hydrogen (secondary N) is 1. The number of likely N-dealkylation sites (tertiary alicyclic amines) is 1. The monoisotopic (exact) mass is 284 g/mol. The molecule has 1 atom stereocenters. The van der Waals surface area contributed by atoms with Crippen molar-refractivity contribution in [2.45, 2.75) is 12.5 Å². The first kappa shape index (κ1) is 11.4. The van der Waals surface area contributed by atoms with Crippen LogP contribution in [0.1, 0.15) is 6.42 Å². The number of rotatable bonds is 1. The molecule has 16 heavy (non-hydrogen) atoms. The van der Waals surface area contributed by atoms with Crippen LogP contribution in [0.4, 0.5) is 10.5 Å². The van der Waals surface area contributed by atoms with Gasteiger partial charge in [0.15, 0.2) is 0 Å². The van der Waals surface area contributed by atoms with Crippen molar-refractivity contribution in [3.63, 3.8) is 0 Å². The molecule has 0 aliphatic carbocycles. The molecule has 1 heterocycles. The van der Waals surface area contributed by atoms with Crippen molar-refractivity contribution in [2.24, 2.45) is 0 Å². The van der Waals surface area contributed by atoms with Gasteiger partial charge in [0, 0.05) is 23.2 Å². The fourth-order valence-corrected chi connectivity index (χ4v) is 1.93. The molecule has 1 saturated heterocycles. The summed E-state index contributed by atoms with van der Waals surface area (Å²) >= 11 is 3.33. The van der Waals surface area contributed by atoms with E-state index < -0.39 is 0 Å². The zero-order valence-corrected chi connectivity index (χ0v) is 10.3. The van der Waals surface area contributed by atoms with E-state index in [1.807, 2.05) is 24.3 Å². The normalized spacial score (nSPS) is 19.9. The number of hydrogen-bond acceptors (Lipinski definition) is 2. The number of hydrogen-bond donors (Lipinski definition) is 2. The van der Waals surface area contributed by atoms with Gasteiger partial charge in [-0.2, -0.15) is 0 Å². The van der Waals surface area contributed by atoms with Gasteiger partial charge >= 0.3 is 6.03 Å². The van der Waals surface area contributed by atoms with Gasteiger partial charge < -0.3 is 15.3 Å². The minimum Gasteiger partial charge on any atom is -0.391 e. The minimum absolute atomic E-state index is 0.154. The summed E-state index contributed by atoms with van der Waals surface area (Å²) in [5, 5.41) is 12.1. The Morgan fingerprint density at radius 3 is 2.69 bits per heavy atom. The van der Waals surface area contributed by atoms with E-state index in [1.54, 1.807) is 4.90 Å². The van der Waals surface area contributed by atoms with Crippen LogP contribution in [0.5, 0.6) is 0 Å². The van der Waals surface area contributed by atoms with E-state index in [1.165, 1.54) is 0 Å². The van der Waals surface area contributed by atoms with Crippen molar-refractivity contribution >= 4 is 27.6 Å². The molecule has 1 aromatic carbocycles. The Hall–Kier alpha value is -1.07. The molecular formula is C11H13BrN2O2. The second-order valence-electron chi connectivity index (χ2n) is 3.83. The lowest BCUT2D eigenvalue weighted by molar-refractivity contribution is 0.176. The van der Waals surface area contributed by atoms with E-state index in [0.717, 1.165) is 10.2 Å². The molecule has 1 aliphatic heterocycles. The molecule has 0 unspecified atom stereocenters. The molecular weight excluding hydrogens is 272 g/mol. The summed E-state index contributed by atoms with van der Waals surface area (Å²) in [4.78, 5) is 13.4. The fourth-order valence-electron chi connectivity index (χ4n) is 1.66. The average Bonchev–Trinajstić information content (AvgIpc) is 2.68. The van der Waals surface area contributed by atoms with Gasteiger partial charge in [0.1, 0.15) is 0 Å². The molecule has 0 aromatic heterocycles. The topological polar surface area (TPSA) is 52.6 Å². The van der Waals surface area contributed by atoms with Crippen LogP contribution in [0.25, 0.3) is 0 Å². The van der Waals surface area contributed by atoms with Crippen molar-refractivity contribution in [1.82, 2.24) is 4.90 Å². The van der Waals surface area contributed by atoms with Crippen LogP contribution >= 0.6 is 15.9 Å². The lowest BCUT2D eigenvalue weighted by Crippen LogP contribution is -2.33. The Morgan fingerprint density at radius 1 is 1.44 bits per heavy atom. The Bertz CT molecular complexity index is 380. The first-order chi connectivity index (χ1) is 7.65. The van der Waals surface area contributed by atoms with E-state index in [-0.39, 0.29) is 12.1 Å². The van der Waals surface area contributed by atoms with E-state index in [0.29, 0.717) is 19.5 Å². The molecule has 2 rings (SSSR count). The van der Waals surface area contributed by atoms with Crippen molar-refractivity contribution in [3.05, 3.63) is 28.7 Å². The Kier molecular flexibility index (Phi) is 3.46. The maximum Gasteiger partial charge on any atom is 0.321 e. The highest BCUT2D eigenvalue weighted by Crippen LogP contribution is 2.16. The molecule has 5 heteroatoms. The van der Waals surface area contributed by atoms with Crippen LogP contribution in [0.3, 0.4) is 0 Å². The third kappa shape index (κ3) is 2.74. The van der Waals surface area contributed by atoms with Crippen LogP contribution < -0.4 is 5.32 Å². The van der Waals surface area contributed by atoms with Gasteiger partial charge in [-0.15, -0.1) is 0 Å². The molecule has 0 bridgehead atoms. The van der Waals surface area contributed by atoms with Gasteiger partial charge in [-0.25, -0.2) is 4.79 Å². The van der Waals surface area contributed by atoms with Gasteiger partial charge in [0.2, 0.25) is 0 Å². The smallest absolute Gasteiger partial charge is 0.321 e. The van der Waals surface area contributed by atoms with Crippen LogP contribution in [0.15, 0.2) is 28.7 Å². The number of carbonyl (C=O) groups is 1. The molecule has 0 radical (unpaired) electrons. The van der Waals surface area contributed by atoms with Gasteiger partial charge in [0.25, 0.3) is 0 Å². The van der Waals surface area contributed by atoms with E-state index in [4.69, 9.17) is 0 Å². The number of aliphatic hydroxyl groups is 1. The number of urea groups is 1.